The van der Waals surface area contributed by atoms with Gasteiger partial charge in [-0.1, -0.05) is 12.1 Å². The van der Waals surface area contributed by atoms with Gasteiger partial charge in [0, 0.05) is 37.3 Å². The molecule has 110 valence electrons. The van der Waals surface area contributed by atoms with E-state index in [1.165, 1.54) is 0 Å². The predicted molar refractivity (Wildman–Crippen MR) is 79.7 cm³/mol. The van der Waals surface area contributed by atoms with Gasteiger partial charge in [-0.15, -0.1) is 0 Å². The zero-order valence-electron chi connectivity index (χ0n) is 12.5. The Balaban J connectivity index is 1.91. The Morgan fingerprint density at radius 3 is 2.25 bits per heavy atom. The average molecular weight is 277 g/mol. The fourth-order valence-electron chi connectivity index (χ4n) is 2.62. The number of nitro benzene ring substituents is 1. The van der Waals surface area contributed by atoms with Gasteiger partial charge in [0.25, 0.3) is 5.69 Å². The van der Waals surface area contributed by atoms with E-state index in [2.05, 4.69) is 30.8 Å². The van der Waals surface area contributed by atoms with Crippen molar-refractivity contribution in [3.63, 3.8) is 0 Å². The lowest BCUT2D eigenvalue weighted by atomic mass is 9.88. The summed E-state index contributed by atoms with van der Waals surface area (Å²) in [6.45, 7) is 5.34. The van der Waals surface area contributed by atoms with E-state index in [0.29, 0.717) is 5.54 Å². The molecule has 2 rings (SSSR count). The second-order valence-corrected chi connectivity index (χ2v) is 6.09. The first-order chi connectivity index (χ1) is 9.40. The monoisotopic (exact) mass is 277 g/mol. The first-order valence-corrected chi connectivity index (χ1v) is 7.04. The fraction of sp³-hybridized carbons (Fsp3) is 0.600. The Morgan fingerprint density at radius 2 is 1.80 bits per heavy atom. The van der Waals surface area contributed by atoms with Crippen molar-refractivity contribution in [1.29, 1.82) is 0 Å². The molecule has 1 saturated heterocycles. The summed E-state index contributed by atoms with van der Waals surface area (Å²) in [5.74, 6) is 0. The van der Waals surface area contributed by atoms with E-state index in [1.807, 2.05) is 12.1 Å². The second-order valence-electron chi connectivity index (χ2n) is 6.09. The average Bonchev–Trinajstić information content (AvgIpc) is 2.42. The van der Waals surface area contributed by atoms with Gasteiger partial charge < -0.3 is 4.90 Å². The highest BCUT2D eigenvalue weighted by atomic mass is 16.6. The quantitative estimate of drug-likeness (QED) is 0.627. The molecule has 0 N–H and O–H groups in total. The molecule has 0 aromatic heterocycles. The van der Waals surface area contributed by atoms with E-state index in [9.17, 15) is 10.1 Å². The first-order valence-electron chi connectivity index (χ1n) is 7.04. The molecular weight excluding hydrogens is 254 g/mol. The molecule has 1 heterocycles. The van der Waals surface area contributed by atoms with Crippen molar-refractivity contribution in [1.82, 2.24) is 9.80 Å². The molecule has 0 bridgehead atoms. The summed E-state index contributed by atoms with van der Waals surface area (Å²) >= 11 is 0. The number of hydrogen-bond donors (Lipinski definition) is 0. The highest BCUT2D eigenvalue weighted by Crippen LogP contribution is 2.27. The van der Waals surface area contributed by atoms with Gasteiger partial charge in [0.15, 0.2) is 0 Å². The summed E-state index contributed by atoms with van der Waals surface area (Å²) in [6.07, 6.45) is 2.32. The maximum atomic E-state index is 10.6. The van der Waals surface area contributed by atoms with Gasteiger partial charge in [-0.05, 0) is 39.4 Å². The van der Waals surface area contributed by atoms with Crippen molar-refractivity contribution in [3.05, 3.63) is 39.9 Å². The van der Waals surface area contributed by atoms with Crippen LogP contribution >= 0.6 is 0 Å². The van der Waals surface area contributed by atoms with Crippen LogP contribution in [0.2, 0.25) is 0 Å². The summed E-state index contributed by atoms with van der Waals surface area (Å²) in [5.41, 5.74) is 1.60. The number of non-ortho nitro benzene ring substituents is 1. The van der Waals surface area contributed by atoms with Gasteiger partial charge in [-0.3, -0.25) is 15.0 Å². The van der Waals surface area contributed by atoms with Crippen LogP contribution in [-0.4, -0.2) is 47.4 Å². The molecule has 20 heavy (non-hydrogen) atoms. The molecule has 1 aromatic carbocycles. The van der Waals surface area contributed by atoms with Crippen LogP contribution in [0.1, 0.15) is 25.3 Å². The lowest BCUT2D eigenvalue weighted by molar-refractivity contribution is -0.384. The number of nitro groups is 1. The van der Waals surface area contributed by atoms with Crippen LogP contribution in [-0.2, 0) is 6.54 Å². The number of hydrogen-bond acceptors (Lipinski definition) is 4. The lowest BCUT2D eigenvalue weighted by Crippen LogP contribution is -2.50. The van der Waals surface area contributed by atoms with Gasteiger partial charge in [-0.25, -0.2) is 0 Å². The summed E-state index contributed by atoms with van der Waals surface area (Å²) < 4.78 is 0. The van der Waals surface area contributed by atoms with E-state index in [1.54, 1.807) is 12.1 Å². The van der Waals surface area contributed by atoms with Crippen LogP contribution in [0.25, 0.3) is 0 Å². The van der Waals surface area contributed by atoms with Crippen molar-refractivity contribution < 1.29 is 4.92 Å². The van der Waals surface area contributed by atoms with Crippen LogP contribution in [0.3, 0.4) is 0 Å². The van der Waals surface area contributed by atoms with Crippen molar-refractivity contribution in [2.45, 2.75) is 31.8 Å². The Kier molecular flexibility index (Phi) is 4.40. The number of piperidine rings is 1. The van der Waals surface area contributed by atoms with Crippen LogP contribution in [0.15, 0.2) is 24.3 Å². The van der Waals surface area contributed by atoms with Crippen molar-refractivity contribution in [2.75, 3.05) is 27.2 Å². The minimum atomic E-state index is -0.354. The molecule has 1 fully saturated rings. The third kappa shape index (κ3) is 3.35. The van der Waals surface area contributed by atoms with E-state index >= 15 is 0 Å². The van der Waals surface area contributed by atoms with Crippen molar-refractivity contribution in [3.8, 4) is 0 Å². The molecule has 0 atom stereocenters. The molecule has 0 aliphatic carbocycles. The molecule has 5 nitrogen and oxygen atoms in total. The predicted octanol–water partition coefficient (Wildman–Crippen LogP) is 2.51. The van der Waals surface area contributed by atoms with E-state index in [4.69, 9.17) is 0 Å². The van der Waals surface area contributed by atoms with E-state index in [0.717, 1.165) is 38.0 Å². The molecule has 1 aromatic rings. The number of benzene rings is 1. The molecule has 0 radical (unpaired) electrons. The van der Waals surface area contributed by atoms with Gasteiger partial charge >= 0.3 is 0 Å². The lowest BCUT2D eigenvalue weighted by Gasteiger charge is -2.43. The molecule has 1 aliphatic heterocycles. The first kappa shape index (κ1) is 14.9. The highest BCUT2D eigenvalue weighted by molar-refractivity contribution is 5.32. The van der Waals surface area contributed by atoms with Crippen molar-refractivity contribution in [2.24, 2.45) is 0 Å². The number of likely N-dealkylation sites (tertiary alicyclic amines) is 1. The maximum absolute atomic E-state index is 10.6. The normalized spacial score (nSPS) is 19.2. The molecule has 5 heteroatoms. The molecular formula is C15H23N3O2. The molecule has 0 amide bonds. The summed E-state index contributed by atoms with van der Waals surface area (Å²) in [7, 11) is 4.29. The van der Waals surface area contributed by atoms with E-state index in [-0.39, 0.29) is 10.6 Å². The number of nitrogens with zero attached hydrogens (tertiary/aromatic N) is 3. The zero-order valence-corrected chi connectivity index (χ0v) is 12.5. The summed E-state index contributed by atoms with van der Waals surface area (Å²) in [5, 5.41) is 10.6. The molecule has 0 spiro atoms. The Labute approximate surface area is 120 Å². The standard InChI is InChI=1S/C15H23N3O2/c1-15(16(2)3)8-10-17(11-9-15)12-13-4-6-14(7-5-13)18(19)20/h4-7H,8-12H2,1-3H3. The van der Waals surface area contributed by atoms with Gasteiger partial charge in [0.1, 0.15) is 0 Å². The topological polar surface area (TPSA) is 49.6 Å². The fourth-order valence-corrected chi connectivity index (χ4v) is 2.62. The Bertz CT molecular complexity index is 463. The van der Waals surface area contributed by atoms with Crippen LogP contribution < -0.4 is 0 Å². The largest absolute Gasteiger partial charge is 0.304 e. The SMILES string of the molecule is CN(C)C1(C)CCN(Cc2ccc([N+](=O)[O-])cc2)CC1. The van der Waals surface area contributed by atoms with Crippen LogP contribution in [0, 0.1) is 10.1 Å². The van der Waals surface area contributed by atoms with Crippen LogP contribution in [0.5, 0.6) is 0 Å². The molecule has 0 unspecified atom stereocenters. The minimum absolute atomic E-state index is 0.160. The van der Waals surface area contributed by atoms with Gasteiger partial charge in [-0.2, -0.15) is 0 Å². The molecule has 0 saturated carbocycles. The Hall–Kier alpha value is -1.46. The minimum Gasteiger partial charge on any atom is -0.304 e. The van der Waals surface area contributed by atoms with Crippen molar-refractivity contribution >= 4 is 5.69 Å². The van der Waals surface area contributed by atoms with Gasteiger partial charge in [0.2, 0.25) is 0 Å². The van der Waals surface area contributed by atoms with Crippen LogP contribution in [0.4, 0.5) is 5.69 Å². The van der Waals surface area contributed by atoms with E-state index < -0.39 is 0 Å². The van der Waals surface area contributed by atoms with Gasteiger partial charge in [0.05, 0.1) is 4.92 Å². The zero-order chi connectivity index (χ0) is 14.8. The highest BCUT2D eigenvalue weighted by Gasteiger charge is 2.31. The third-order valence-corrected chi connectivity index (χ3v) is 4.57. The summed E-state index contributed by atoms with van der Waals surface area (Å²) in [4.78, 5) is 15.0. The number of rotatable bonds is 4. The maximum Gasteiger partial charge on any atom is 0.269 e. The third-order valence-electron chi connectivity index (χ3n) is 4.57. The summed E-state index contributed by atoms with van der Waals surface area (Å²) in [6, 6.07) is 6.89. The molecule has 1 aliphatic rings. The second kappa shape index (κ2) is 5.89. The Morgan fingerprint density at radius 1 is 1.25 bits per heavy atom. The smallest absolute Gasteiger partial charge is 0.269 e.